The minimum atomic E-state index is -1.67. The molecule has 1 atom stereocenters. The van der Waals surface area contributed by atoms with Gasteiger partial charge in [0, 0.05) is 23.7 Å². The van der Waals surface area contributed by atoms with Crippen molar-refractivity contribution in [2.75, 3.05) is 11.9 Å². The Hall–Kier alpha value is -4.24. The van der Waals surface area contributed by atoms with E-state index in [1.165, 1.54) is 0 Å². The van der Waals surface area contributed by atoms with Crippen LogP contribution in [0.25, 0.3) is 11.3 Å². The minimum Gasteiger partial charge on any atom is -0.479 e. The predicted molar refractivity (Wildman–Crippen MR) is 162 cm³/mol. The van der Waals surface area contributed by atoms with Crippen LogP contribution in [0.1, 0.15) is 62.4 Å². The van der Waals surface area contributed by atoms with Gasteiger partial charge in [-0.3, -0.25) is 9.78 Å². The molecule has 4 N–H and O–H groups in total. The Balaban J connectivity index is 1.46. The summed E-state index contributed by atoms with van der Waals surface area (Å²) in [6.07, 6.45) is 3.92. The number of pyridine rings is 1. The Morgan fingerprint density at radius 2 is 1.62 bits per heavy atom. The van der Waals surface area contributed by atoms with E-state index in [1.54, 1.807) is 30.5 Å². The molecule has 1 aromatic heterocycles. The predicted octanol–water partition coefficient (Wildman–Crippen LogP) is 5.56. The normalized spacial score (nSPS) is 17.6. The highest BCUT2D eigenvalue weighted by Gasteiger charge is 2.33. The summed E-state index contributed by atoms with van der Waals surface area (Å²) >= 11 is 0. The van der Waals surface area contributed by atoms with Gasteiger partial charge in [-0.05, 0) is 66.8 Å². The number of hydrogen-bond acceptors (Lipinski definition) is 5. The zero-order valence-corrected chi connectivity index (χ0v) is 24.4. The molecule has 42 heavy (non-hydrogen) atoms. The average molecular weight is 573 g/mol. The Kier molecular flexibility index (Phi) is 9.96. The van der Waals surface area contributed by atoms with Crippen LogP contribution in [0.3, 0.4) is 0 Å². The maximum Gasteiger partial charge on any atom is 0.334 e. The molecule has 0 radical (unpaired) electrons. The molecule has 1 heterocycles. The standard InChI is InChI=1S/C33H40N4O5/c1-33(2,3)25-13-16-27(17-14-25)37(21-22-9-11-24(12-10-22)30(39)35-20-29(38)31(40)41)32(42)36-26-15-18-28(34-19-26)23-7-5-4-6-8-23/h4-12,15,18-19,25,27,29,38H,13-14,16-17,20-21H2,1-3H3,(H,35,39)(H,36,42)(H,40,41)/t25?,27?,29-/m1/s1. The molecule has 0 aliphatic heterocycles. The number of nitrogens with one attached hydrogen (secondary N) is 2. The lowest BCUT2D eigenvalue weighted by atomic mass is 9.71. The number of carboxylic acids is 1. The number of amides is 3. The Bertz CT molecular complexity index is 1350. The molecule has 3 aromatic rings. The summed E-state index contributed by atoms with van der Waals surface area (Å²) in [5.74, 6) is -1.28. The zero-order valence-electron chi connectivity index (χ0n) is 24.4. The van der Waals surface area contributed by atoms with Gasteiger partial charge < -0.3 is 25.7 Å². The molecule has 0 unspecified atom stereocenters. The van der Waals surface area contributed by atoms with E-state index >= 15 is 0 Å². The lowest BCUT2D eigenvalue weighted by Gasteiger charge is -2.41. The number of nitrogens with zero attached hydrogens (tertiary/aromatic N) is 2. The number of aliphatic hydroxyl groups excluding tert-OH is 1. The Labute approximate surface area is 247 Å². The highest BCUT2D eigenvalue weighted by Crippen LogP contribution is 2.39. The molecule has 1 fully saturated rings. The number of carbonyl (C=O) groups is 3. The monoisotopic (exact) mass is 572 g/mol. The fraction of sp³-hybridized carbons (Fsp3) is 0.394. The van der Waals surface area contributed by atoms with Gasteiger partial charge in [-0.1, -0.05) is 63.2 Å². The second-order valence-corrected chi connectivity index (χ2v) is 12.0. The van der Waals surface area contributed by atoms with Crippen molar-refractivity contribution in [2.24, 2.45) is 11.3 Å². The molecule has 0 bridgehead atoms. The quantitative estimate of drug-likeness (QED) is 0.265. The molecule has 1 aliphatic rings. The third-order valence-electron chi connectivity index (χ3n) is 8.02. The van der Waals surface area contributed by atoms with Crippen molar-refractivity contribution in [2.45, 2.75) is 65.1 Å². The summed E-state index contributed by atoms with van der Waals surface area (Å²) in [6, 6.07) is 20.3. The van der Waals surface area contributed by atoms with Crippen LogP contribution in [0.2, 0.25) is 0 Å². The van der Waals surface area contributed by atoms with Gasteiger partial charge in [0.1, 0.15) is 0 Å². The van der Waals surface area contributed by atoms with Crippen molar-refractivity contribution >= 4 is 23.6 Å². The second-order valence-electron chi connectivity index (χ2n) is 12.0. The molecule has 1 aliphatic carbocycles. The largest absolute Gasteiger partial charge is 0.479 e. The third-order valence-corrected chi connectivity index (χ3v) is 8.02. The number of carbonyl (C=O) groups excluding carboxylic acids is 2. The summed E-state index contributed by atoms with van der Waals surface area (Å²) in [5.41, 5.74) is 3.87. The van der Waals surface area contributed by atoms with E-state index in [-0.39, 0.29) is 24.0 Å². The summed E-state index contributed by atoms with van der Waals surface area (Å²) in [7, 11) is 0. The molecule has 0 spiro atoms. The van der Waals surface area contributed by atoms with Gasteiger partial charge in [-0.15, -0.1) is 0 Å². The summed E-state index contributed by atoms with van der Waals surface area (Å²) < 4.78 is 0. The van der Waals surface area contributed by atoms with Crippen LogP contribution in [0.4, 0.5) is 10.5 Å². The molecule has 1 saturated carbocycles. The molecule has 9 heteroatoms. The second kappa shape index (κ2) is 13.6. The van der Waals surface area contributed by atoms with E-state index in [4.69, 9.17) is 5.11 Å². The number of urea groups is 1. The number of aliphatic carboxylic acids is 1. The first-order valence-corrected chi connectivity index (χ1v) is 14.4. The molecule has 9 nitrogen and oxygen atoms in total. The third kappa shape index (κ3) is 8.16. The van der Waals surface area contributed by atoms with Gasteiger partial charge in [-0.25, -0.2) is 9.59 Å². The summed E-state index contributed by atoms with van der Waals surface area (Å²) in [6.45, 7) is 6.80. The van der Waals surface area contributed by atoms with E-state index in [1.807, 2.05) is 47.4 Å². The van der Waals surface area contributed by atoms with Gasteiger partial charge in [-0.2, -0.15) is 0 Å². The van der Waals surface area contributed by atoms with Crippen molar-refractivity contribution < 1.29 is 24.6 Å². The number of hydrogen-bond donors (Lipinski definition) is 4. The number of aliphatic hydroxyl groups is 1. The van der Waals surface area contributed by atoms with Crippen molar-refractivity contribution in [1.82, 2.24) is 15.2 Å². The van der Waals surface area contributed by atoms with Crippen LogP contribution in [0, 0.1) is 11.3 Å². The van der Waals surface area contributed by atoms with Crippen LogP contribution in [0.5, 0.6) is 0 Å². The number of anilines is 1. The SMILES string of the molecule is CC(C)(C)C1CCC(N(Cc2ccc(C(=O)NC[C@@H](O)C(=O)O)cc2)C(=O)Nc2ccc(-c3ccccc3)nc2)CC1. The highest BCUT2D eigenvalue weighted by molar-refractivity contribution is 5.94. The van der Waals surface area contributed by atoms with Crippen molar-refractivity contribution in [3.05, 3.63) is 84.1 Å². The first-order valence-electron chi connectivity index (χ1n) is 14.4. The number of rotatable bonds is 9. The van der Waals surface area contributed by atoms with Crippen molar-refractivity contribution in [3.63, 3.8) is 0 Å². The van der Waals surface area contributed by atoms with E-state index in [0.717, 1.165) is 42.5 Å². The maximum absolute atomic E-state index is 13.7. The zero-order chi connectivity index (χ0) is 30.3. The lowest BCUT2D eigenvalue weighted by Crippen LogP contribution is -2.45. The average Bonchev–Trinajstić information content (AvgIpc) is 2.99. The molecule has 222 valence electrons. The Morgan fingerprint density at radius 3 is 2.19 bits per heavy atom. The first-order chi connectivity index (χ1) is 20.0. The molecular formula is C33H40N4O5. The minimum absolute atomic E-state index is 0.0700. The van der Waals surface area contributed by atoms with E-state index < -0.39 is 18.0 Å². The summed E-state index contributed by atoms with van der Waals surface area (Å²) in [5, 5.41) is 23.7. The van der Waals surface area contributed by atoms with Gasteiger partial charge >= 0.3 is 12.0 Å². The van der Waals surface area contributed by atoms with E-state index in [0.29, 0.717) is 23.7 Å². The lowest BCUT2D eigenvalue weighted by molar-refractivity contribution is -0.146. The number of aromatic nitrogens is 1. The number of carboxylic acid groups (broad SMARTS) is 1. The Morgan fingerprint density at radius 1 is 0.952 bits per heavy atom. The van der Waals surface area contributed by atoms with Crippen LogP contribution in [-0.4, -0.2) is 56.7 Å². The smallest absolute Gasteiger partial charge is 0.334 e. The van der Waals surface area contributed by atoms with Crippen LogP contribution in [-0.2, 0) is 11.3 Å². The maximum atomic E-state index is 13.7. The van der Waals surface area contributed by atoms with Crippen LogP contribution >= 0.6 is 0 Å². The van der Waals surface area contributed by atoms with Gasteiger partial charge in [0.2, 0.25) is 0 Å². The van der Waals surface area contributed by atoms with Crippen LogP contribution in [0.15, 0.2) is 72.9 Å². The molecule has 2 aromatic carbocycles. The van der Waals surface area contributed by atoms with Gasteiger partial charge in [0.15, 0.2) is 6.10 Å². The van der Waals surface area contributed by atoms with E-state index in [9.17, 15) is 19.5 Å². The van der Waals surface area contributed by atoms with E-state index in [2.05, 4.69) is 36.4 Å². The van der Waals surface area contributed by atoms with Crippen LogP contribution < -0.4 is 10.6 Å². The van der Waals surface area contributed by atoms with Gasteiger partial charge in [0.05, 0.1) is 24.1 Å². The summed E-state index contributed by atoms with van der Waals surface area (Å²) in [4.78, 5) is 43.3. The molecular weight excluding hydrogens is 532 g/mol. The van der Waals surface area contributed by atoms with Crippen molar-refractivity contribution in [3.8, 4) is 11.3 Å². The highest BCUT2D eigenvalue weighted by atomic mass is 16.4. The molecule has 4 rings (SSSR count). The fourth-order valence-electron chi connectivity index (χ4n) is 5.40. The fourth-order valence-corrected chi connectivity index (χ4v) is 5.40. The number of benzene rings is 2. The topological polar surface area (TPSA) is 132 Å². The van der Waals surface area contributed by atoms with Crippen molar-refractivity contribution in [1.29, 1.82) is 0 Å². The first kappa shape index (κ1) is 30.7. The molecule has 0 saturated heterocycles. The van der Waals surface area contributed by atoms with Gasteiger partial charge in [0.25, 0.3) is 5.91 Å². The molecule has 3 amide bonds.